The zero-order valence-electron chi connectivity index (χ0n) is 21.0. The van der Waals surface area contributed by atoms with E-state index in [2.05, 4.69) is 19.1 Å². The van der Waals surface area contributed by atoms with Crippen LogP contribution in [0.5, 0.6) is 0 Å². The van der Waals surface area contributed by atoms with Crippen LogP contribution in [0.1, 0.15) is 168 Å². The summed E-state index contributed by atoms with van der Waals surface area (Å²) in [5.74, 6) is 0.337. The van der Waals surface area contributed by atoms with Crippen LogP contribution in [0, 0.1) is 0 Å². The van der Waals surface area contributed by atoms with Crippen molar-refractivity contribution in [3.63, 3.8) is 0 Å². The molecule has 1 nitrogen and oxygen atoms in total. The fourth-order valence-corrected chi connectivity index (χ4v) is 4.21. The van der Waals surface area contributed by atoms with Gasteiger partial charge in [0.25, 0.3) is 0 Å². The molecule has 0 rings (SSSR count). The number of allylic oxidation sites excluding steroid dienone is 2. The molecule has 0 heterocycles. The van der Waals surface area contributed by atoms with Gasteiger partial charge < -0.3 is 4.79 Å². The molecule has 0 spiro atoms. The Morgan fingerprint density at radius 2 is 0.767 bits per heavy atom. The molecule has 0 aliphatic rings. The van der Waals surface area contributed by atoms with Crippen molar-refractivity contribution in [1.29, 1.82) is 0 Å². The number of rotatable bonds is 25. The van der Waals surface area contributed by atoms with Gasteiger partial charge in [-0.2, -0.15) is 0 Å². The first kappa shape index (κ1) is 29.4. The molecule has 178 valence electrons. The molecule has 30 heavy (non-hydrogen) atoms. The normalized spacial score (nSPS) is 11.5. The fraction of sp³-hybridized carbons (Fsp3) is 0.897. The van der Waals surface area contributed by atoms with Gasteiger partial charge >= 0.3 is 0 Å². The Hall–Kier alpha value is -0.590. The van der Waals surface area contributed by atoms with E-state index in [4.69, 9.17) is 0 Å². The minimum Gasteiger partial charge on any atom is -0.300 e. The lowest BCUT2D eigenvalue weighted by Crippen LogP contribution is -1.88. The highest BCUT2D eigenvalue weighted by atomic mass is 16.1. The van der Waals surface area contributed by atoms with E-state index in [9.17, 15) is 4.79 Å². The van der Waals surface area contributed by atoms with Crippen LogP contribution in [0.3, 0.4) is 0 Å². The largest absolute Gasteiger partial charge is 0.300 e. The highest BCUT2D eigenvalue weighted by Crippen LogP contribution is 2.14. The maximum absolute atomic E-state index is 10.9. The second kappa shape index (κ2) is 26.4. The molecule has 0 aliphatic carbocycles. The van der Waals surface area contributed by atoms with E-state index in [1.54, 1.807) is 6.92 Å². The lowest BCUT2D eigenvalue weighted by atomic mass is 10.0. The number of carbonyl (C=O) groups excluding carboxylic acids is 1. The van der Waals surface area contributed by atoms with Crippen LogP contribution in [0.4, 0.5) is 0 Å². The molecule has 0 saturated carbocycles. The topological polar surface area (TPSA) is 17.1 Å². The van der Waals surface area contributed by atoms with Gasteiger partial charge in [0.1, 0.15) is 5.78 Å². The number of carbonyl (C=O) groups is 1. The standard InChI is InChI=1S/C29H56O/c1-3-4-5-6-7-8-9-10-11-12-13-14-15-16-17-18-19-20-21-22-23-24-25-26-27-28-29(2)30/h21-22H,3-20,23-28H2,1-2H3/b22-21+. The lowest BCUT2D eigenvalue weighted by molar-refractivity contribution is -0.117. The van der Waals surface area contributed by atoms with Crippen LogP contribution < -0.4 is 0 Å². The van der Waals surface area contributed by atoms with Gasteiger partial charge in [0, 0.05) is 6.42 Å². The predicted molar refractivity (Wildman–Crippen MR) is 136 cm³/mol. The summed E-state index contributed by atoms with van der Waals surface area (Å²) in [5.41, 5.74) is 0. The summed E-state index contributed by atoms with van der Waals surface area (Å²) in [6, 6.07) is 0. The molecule has 0 saturated heterocycles. The van der Waals surface area contributed by atoms with Crippen molar-refractivity contribution >= 4 is 5.78 Å². The molecular weight excluding hydrogens is 364 g/mol. The van der Waals surface area contributed by atoms with Gasteiger partial charge in [-0.15, -0.1) is 0 Å². The molecule has 0 aromatic rings. The van der Waals surface area contributed by atoms with E-state index >= 15 is 0 Å². The molecule has 0 unspecified atom stereocenters. The first-order valence-corrected chi connectivity index (χ1v) is 13.9. The Labute approximate surface area is 190 Å². The second-order valence-electron chi connectivity index (χ2n) is 9.57. The van der Waals surface area contributed by atoms with Crippen molar-refractivity contribution in [1.82, 2.24) is 0 Å². The Morgan fingerprint density at radius 1 is 0.467 bits per heavy atom. The van der Waals surface area contributed by atoms with Crippen molar-refractivity contribution in [2.75, 3.05) is 0 Å². The van der Waals surface area contributed by atoms with Gasteiger partial charge in [-0.3, -0.25) is 0 Å². The van der Waals surface area contributed by atoms with Crippen molar-refractivity contribution in [3.05, 3.63) is 12.2 Å². The molecule has 0 N–H and O–H groups in total. The minimum atomic E-state index is 0.337. The van der Waals surface area contributed by atoms with Gasteiger partial charge in [0.05, 0.1) is 0 Å². The molecule has 0 bridgehead atoms. The van der Waals surface area contributed by atoms with Crippen LogP contribution in [-0.2, 0) is 4.79 Å². The third kappa shape index (κ3) is 27.4. The van der Waals surface area contributed by atoms with Gasteiger partial charge in [0.2, 0.25) is 0 Å². The van der Waals surface area contributed by atoms with Crippen LogP contribution in [-0.4, -0.2) is 5.78 Å². The van der Waals surface area contributed by atoms with Gasteiger partial charge in [0.15, 0.2) is 0 Å². The van der Waals surface area contributed by atoms with Gasteiger partial charge in [-0.05, 0) is 39.0 Å². The molecule has 0 amide bonds. The molecule has 0 atom stereocenters. The van der Waals surface area contributed by atoms with Gasteiger partial charge in [-0.25, -0.2) is 0 Å². The molecule has 0 aromatic heterocycles. The third-order valence-corrected chi connectivity index (χ3v) is 6.29. The molecule has 0 aliphatic heterocycles. The smallest absolute Gasteiger partial charge is 0.129 e. The van der Waals surface area contributed by atoms with Crippen LogP contribution in [0.25, 0.3) is 0 Å². The number of hydrogen-bond donors (Lipinski definition) is 0. The van der Waals surface area contributed by atoms with E-state index in [0.717, 1.165) is 12.8 Å². The van der Waals surface area contributed by atoms with E-state index in [0.29, 0.717) is 5.78 Å². The fourth-order valence-electron chi connectivity index (χ4n) is 4.21. The van der Waals surface area contributed by atoms with Crippen molar-refractivity contribution < 1.29 is 4.79 Å². The summed E-state index contributed by atoms with van der Waals surface area (Å²) in [4.78, 5) is 10.9. The molecule has 0 aromatic carbocycles. The first-order valence-electron chi connectivity index (χ1n) is 13.9. The molecule has 0 fully saturated rings. The second-order valence-corrected chi connectivity index (χ2v) is 9.57. The number of Topliss-reactive ketones (excluding diaryl/α,β-unsaturated/α-hetero) is 1. The van der Waals surface area contributed by atoms with Crippen molar-refractivity contribution in [2.45, 2.75) is 168 Å². The summed E-state index contributed by atoms with van der Waals surface area (Å²) in [6.07, 6.45) is 37.5. The summed E-state index contributed by atoms with van der Waals surface area (Å²) in [5, 5.41) is 0. The molecule has 1 heteroatoms. The summed E-state index contributed by atoms with van der Waals surface area (Å²) < 4.78 is 0. The number of hydrogen-bond acceptors (Lipinski definition) is 1. The average molecular weight is 421 g/mol. The lowest BCUT2D eigenvalue weighted by Gasteiger charge is -2.03. The third-order valence-electron chi connectivity index (χ3n) is 6.29. The Morgan fingerprint density at radius 3 is 1.10 bits per heavy atom. The van der Waals surface area contributed by atoms with Gasteiger partial charge in [-0.1, -0.05) is 135 Å². The van der Waals surface area contributed by atoms with Crippen molar-refractivity contribution in [3.8, 4) is 0 Å². The number of unbranched alkanes of at least 4 members (excludes halogenated alkanes) is 21. The summed E-state index contributed by atoms with van der Waals surface area (Å²) in [7, 11) is 0. The summed E-state index contributed by atoms with van der Waals surface area (Å²) >= 11 is 0. The van der Waals surface area contributed by atoms with E-state index < -0.39 is 0 Å². The van der Waals surface area contributed by atoms with E-state index in [-0.39, 0.29) is 0 Å². The Kier molecular flexibility index (Phi) is 25.9. The highest BCUT2D eigenvalue weighted by Gasteiger charge is 1.95. The van der Waals surface area contributed by atoms with E-state index in [1.165, 1.54) is 141 Å². The first-order chi connectivity index (χ1) is 14.8. The quantitative estimate of drug-likeness (QED) is 0.106. The molecular formula is C29H56O. The Balaban J connectivity index is 3.07. The van der Waals surface area contributed by atoms with Crippen LogP contribution >= 0.6 is 0 Å². The van der Waals surface area contributed by atoms with Crippen LogP contribution in [0.2, 0.25) is 0 Å². The molecule has 0 radical (unpaired) electrons. The maximum atomic E-state index is 10.9. The monoisotopic (exact) mass is 420 g/mol. The van der Waals surface area contributed by atoms with E-state index in [1.807, 2.05) is 0 Å². The predicted octanol–water partition coefficient (Wildman–Crippen LogP) is 10.5. The zero-order chi connectivity index (χ0) is 22.0. The highest BCUT2D eigenvalue weighted by molar-refractivity contribution is 5.75. The van der Waals surface area contributed by atoms with Crippen LogP contribution in [0.15, 0.2) is 12.2 Å². The average Bonchev–Trinajstić information content (AvgIpc) is 2.73. The summed E-state index contributed by atoms with van der Waals surface area (Å²) in [6.45, 7) is 3.99. The SMILES string of the molecule is CCCCCCCCCCCCCCCCCCC/C=C/CCCCCCC(C)=O. The zero-order valence-corrected chi connectivity index (χ0v) is 21.0. The maximum Gasteiger partial charge on any atom is 0.129 e. The van der Waals surface area contributed by atoms with Crippen molar-refractivity contribution in [2.24, 2.45) is 0 Å². The Bertz CT molecular complexity index is 357. The minimum absolute atomic E-state index is 0.337. The number of ketones is 1.